The maximum absolute atomic E-state index is 13.1. The van der Waals surface area contributed by atoms with Gasteiger partial charge in [0.05, 0.1) is 76.3 Å². The topological polar surface area (TPSA) is 185 Å². The van der Waals surface area contributed by atoms with E-state index in [-0.39, 0.29) is 62.0 Å². The molecule has 7 rings (SSSR count). The van der Waals surface area contributed by atoms with Crippen LogP contribution in [0.4, 0.5) is 0 Å². The highest BCUT2D eigenvalue weighted by Crippen LogP contribution is 2.42. The summed E-state index contributed by atoms with van der Waals surface area (Å²) in [7, 11) is 0. The van der Waals surface area contributed by atoms with E-state index in [4.69, 9.17) is 53.1 Å². The summed E-state index contributed by atoms with van der Waals surface area (Å²) in [5.74, 6) is 3.32. The van der Waals surface area contributed by atoms with Gasteiger partial charge in [-0.25, -0.2) is 4.98 Å². The molecule has 1 aromatic heterocycles. The lowest BCUT2D eigenvalue weighted by Crippen LogP contribution is -2.27. The maximum atomic E-state index is 13.1. The van der Waals surface area contributed by atoms with Gasteiger partial charge in [0, 0.05) is 5.56 Å². The number of ether oxygens (including phenoxy) is 8. The Morgan fingerprint density at radius 1 is 0.569 bits per heavy atom. The molecule has 0 aliphatic heterocycles. The summed E-state index contributed by atoms with van der Waals surface area (Å²) in [4.78, 5) is 31.2. The number of thiazole rings is 1. The second-order valence-electron chi connectivity index (χ2n) is 16.2. The van der Waals surface area contributed by atoms with Crippen LogP contribution in [0.1, 0.15) is 56.9 Å². The van der Waals surface area contributed by atoms with Gasteiger partial charge in [-0.2, -0.15) is 5.26 Å². The molecule has 14 nitrogen and oxygen atoms in total. The lowest BCUT2D eigenvalue weighted by molar-refractivity contribution is -0.141. The Morgan fingerprint density at radius 3 is 1.51 bits per heavy atom. The Hall–Kier alpha value is -5.76. The number of fused-ring (bicyclic) bond motifs is 1. The Balaban J connectivity index is 0.895. The fourth-order valence-corrected chi connectivity index (χ4v) is 8.98. The van der Waals surface area contributed by atoms with Crippen LogP contribution in [0.2, 0.25) is 0 Å². The number of aliphatic hydroxyl groups is 2. The van der Waals surface area contributed by atoms with Crippen LogP contribution < -0.4 is 28.4 Å². The largest absolute Gasteiger partial charge is 0.492 e. The van der Waals surface area contributed by atoms with Gasteiger partial charge in [-0.05, 0) is 136 Å². The molecule has 0 amide bonds. The molecule has 0 bridgehead atoms. The average molecular weight is 909 g/mol. The third kappa shape index (κ3) is 13.9. The molecule has 0 spiro atoms. The highest BCUT2D eigenvalue weighted by Gasteiger charge is 2.30. The molecule has 0 saturated heterocycles. The van der Waals surface area contributed by atoms with Crippen LogP contribution in [0.15, 0.2) is 84.9 Å². The van der Waals surface area contributed by atoms with Gasteiger partial charge in [0.15, 0.2) is 0 Å². The standard InChI is InChI=1S/C50H56N2O12S/c51-31-34-1-7-37(8-2-34)48-52-46-44(61-32-35-3-9-38(10-4-35)49(55)63-42-17-13-40(14-18-42)59-29-27-57-25-23-53)21-22-45(47(46)65-48)62-33-36-5-11-39(12-6-36)50(56)64-43-19-15-41(16-20-43)60-30-28-58-26-24-54/h1-2,7-8,13-22,35-36,38-39,53-54H,3-6,9-12,23-30,32-33H2. The number of nitriles is 1. The first-order valence-corrected chi connectivity index (χ1v) is 23.2. The zero-order valence-electron chi connectivity index (χ0n) is 36.4. The number of esters is 2. The number of benzene rings is 4. The Bertz CT molecular complexity index is 2160. The molecule has 0 unspecified atom stereocenters. The van der Waals surface area contributed by atoms with E-state index >= 15 is 0 Å². The summed E-state index contributed by atoms with van der Waals surface area (Å²) < 4.78 is 47.0. The van der Waals surface area contributed by atoms with Gasteiger partial charge in [0.2, 0.25) is 0 Å². The molecule has 65 heavy (non-hydrogen) atoms. The number of hydrogen-bond donors (Lipinski definition) is 2. The smallest absolute Gasteiger partial charge is 0.314 e. The van der Waals surface area contributed by atoms with Gasteiger partial charge in [-0.3, -0.25) is 9.59 Å². The average Bonchev–Trinajstić information content (AvgIpc) is 3.80. The summed E-state index contributed by atoms with van der Waals surface area (Å²) in [5.41, 5.74) is 2.19. The molecule has 2 aliphatic rings. The van der Waals surface area contributed by atoms with E-state index in [0.29, 0.717) is 105 Å². The molecule has 15 heteroatoms. The molecule has 0 radical (unpaired) electrons. The van der Waals surface area contributed by atoms with Gasteiger partial charge in [0.25, 0.3) is 0 Å². The molecule has 5 aromatic rings. The molecule has 2 N–H and O–H groups in total. The minimum Gasteiger partial charge on any atom is -0.492 e. The van der Waals surface area contributed by atoms with Crippen molar-refractivity contribution in [1.82, 2.24) is 4.98 Å². The van der Waals surface area contributed by atoms with Crippen LogP contribution in [0.3, 0.4) is 0 Å². The van der Waals surface area contributed by atoms with Crippen molar-refractivity contribution in [3.8, 4) is 51.1 Å². The monoisotopic (exact) mass is 908 g/mol. The Labute approximate surface area is 382 Å². The lowest BCUT2D eigenvalue weighted by atomic mass is 9.82. The summed E-state index contributed by atoms with van der Waals surface area (Å²) in [6.07, 6.45) is 6.17. The third-order valence-corrected chi connectivity index (χ3v) is 12.7. The first-order valence-electron chi connectivity index (χ1n) is 22.3. The Kier molecular flexibility index (Phi) is 17.8. The van der Waals surface area contributed by atoms with Crippen molar-refractivity contribution in [3.05, 3.63) is 90.5 Å². The van der Waals surface area contributed by atoms with Gasteiger partial charge in [0.1, 0.15) is 62.9 Å². The van der Waals surface area contributed by atoms with E-state index in [1.807, 2.05) is 24.3 Å². The van der Waals surface area contributed by atoms with Crippen molar-refractivity contribution < 1.29 is 57.7 Å². The molecular formula is C50H56N2O12S. The summed E-state index contributed by atoms with van der Waals surface area (Å²) >= 11 is 1.52. The number of nitrogens with zero attached hydrogens (tertiary/aromatic N) is 2. The van der Waals surface area contributed by atoms with Crippen molar-refractivity contribution in [1.29, 1.82) is 5.26 Å². The number of aromatic nitrogens is 1. The van der Waals surface area contributed by atoms with Crippen molar-refractivity contribution in [2.75, 3.05) is 66.1 Å². The molecule has 2 aliphatic carbocycles. The molecule has 1 heterocycles. The van der Waals surface area contributed by atoms with Crippen molar-refractivity contribution in [2.45, 2.75) is 51.4 Å². The van der Waals surface area contributed by atoms with Crippen molar-refractivity contribution in [2.24, 2.45) is 23.7 Å². The molecule has 0 atom stereocenters. The van der Waals surface area contributed by atoms with E-state index < -0.39 is 0 Å². The second-order valence-corrected chi connectivity index (χ2v) is 17.2. The normalized spacial score (nSPS) is 18.4. The van der Waals surface area contributed by atoms with Gasteiger partial charge in [-0.15, -0.1) is 11.3 Å². The van der Waals surface area contributed by atoms with Crippen LogP contribution in [-0.2, 0) is 19.1 Å². The quantitative estimate of drug-likeness (QED) is 0.0363. The predicted octanol–water partition coefficient (Wildman–Crippen LogP) is 8.19. The van der Waals surface area contributed by atoms with Crippen LogP contribution in [0.25, 0.3) is 20.8 Å². The van der Waals surface area contributed by atoms with Crippen molar-refractivity contribution >= 4 is 33.5 Å². The van der Waals surface area contributed by atoms with E-state index in [1.54, 1.807) is 60.7 Å². The van der Waals surface area contributed by atoms with E-state index in [1.165, 1.54) is 11.3 Å². The minimum atomic E-state index is -0.232. The van der Waals surface area contributed by atoms with E-state index in [2.05, 4.69) is 6.07 Å². The summed E-state index contributed by atoms with van der Waals surface area (Å²) in [5, 5.41) is 27.8. The van der Waals surface area contributed by atoms with E-state index in [9.17, 15) is 14.9 Å². The third-order valence-electron chi connectivity index (χ3n) is 11.6. The molecular weight excluding hydrogens is 853 g/mol. The first kappa shape index (κ1) is 47.2. The summed E-state index contributed by atoms with van der Waals surface area (Å²) in [6.45, 7) is 2.92. The van der Waals surface area contributed by atoms with Gasteiger partial charge < -0.3 is 48.1 Å². The van der Waals surface area contributed by atoms with Crippen LogP contribution in [-0.4, -0.2) is 93.2 Å². The number of hydrogen-bond acceptors (Lipinski definition) is 15. The number of aliphatic hydroxyl groups excluding tert-OH is 2. The highest BCUT2D eigenvalue weighted by molar-refractivity contribution is 7.22. The highest BCUT2D eigenvalue weighted by atomic mass is 32.1. The SMILES string of the molecule is N#Cc1ccc(-c2nc3c(OCC4CCC(C(=O)Oc5ccc(OCCOCCO)cc5)CC4)ccc(OCC4CCC(C(=O)Oc5ccc(OCCOCCO)cc5)CC4)c3s2)cc1. The zero-order valence-corrected chi connectivity index (χ0v) is 37.2. The Morgan fingerprint density at radius 2 is 1.03 bits per heavy atom. The molecule has 2 saturated carbocycles. The lowest BCUT2D eigenvalue weighted by Gasteiger charge is -2.27. The fourth-order valence-electron chi connectivity index (χ4n) is 7.92. The van der Waals surface area contributed by atoms with Gasteiger partial charge in [-0.1, -0.05) is 12.1 Å². The van der Waals surface area contributed by atoms with E-state index in [0.717, 1.165) is 46.7 Å². The van der Waals surface area contributed by atoms with Crippen LogP contribution in [0, 0.1) is 35.0 Å². The van der Waals surface area contributed by atoms with Crippen LogP contribution >= 0.6 is 11.3 Å². The predicted molar refractivity (Wildman–Crippen MR) is 243 cm³/mol. The summed E-state index contributed by atoms with van der Waals surface area (Å²) in [6, 6.07) is 27.3. The number of carbonyl (C=O) groups excluding carboxylic acids is 2. The zero-order chi connectivity index (χ0) is 45.2. The van der Waals surface area contributed by atoms with Crippen molar-refractivity contribution in [3.63, 3.8) is 0 Å². The molecule has 2 fully saturated rings. The molecule has 4 aromatic carbocycles. The fraction of sp³-hybridized carbons (Fsp3) is 0.440. The molecule has 344 valence electrons. The number of carbonyl (C=O) groups is 2. The second kappa shape index (κ2) is 24.5. The first-order chi connectivity index (χ1) is 31.9. The van der Waals surface area contributed by atoms with Gasteiger partial charge >= 0.3 is 11.9 Å². The maximum Gasteiger partial charge on any atom is 0.314 e. The number of rotatable bonds is 23. The van der Waals surface area contributed by atoms with Crippen LogP contribution in [0.5, 0.6) is 34.5 Å². The minimum absolute atomic E-state index is 0.0295.